The van der Waals surface area contributed by atoms with Gasteiger partial charge in [-0.15, -0.1) is 0 Å². The summed E-state index contributed by atoms with van der Waals surface area (Å²) in [6, 6.07) is 6.17. The maximum atomic E-state index is 13.2. The minimum absolute atomic E-state index is 0.292. The van der Waals surface area contributed by atoms with Crippen molar-refractivity contribution in [2.24, 2.45) is 0 Å². The molecule has 2 N–H and O–H groups in total. The van der Waals surface area contributed by atoms with Gasteiger partial charge in [-0.1, -0.05) is 5.16 Å². The number of nitrogen functional groups attached to an aromatic ring is 1. The molecule has 0 saturated carbocycles. The van der Waals surface area contributed by atoms with Crippen molar-refractivity contribution in [1.82, 2.24) is 15.1 Å². The third kappa shape index (κ3) is 2.27. The number of aromatic nitrogens is 3. The van der Waals surface area contributed by atoms with E-state index in [1.807, 2.05) is 0 Å². The number of hydrogen-bond donors (Lipinski definition) is 1. The Balaban J connectivity index is 2.02. The number of halogens is 2. The van der Waals surface area contributed by atoms with Gasteiger partial charge >= 0.3 is 0 Å². The highest BCUT2D eigenvalue weighted by Gasteiger charge is 2.13. The molecule has 3 aromatic rings. The lowest BCUT2D eigenvalue weighted by atomic mass is 10.2. The van der Waals surface area contributed by atoms with Crippen LogP contribution in [0, 0.1) is 5.82 Å². The van der Waals surface area contributed by atoms with Crippen LogP contribution in [0.4, 0.5) is 10.1 Å². The molecule has 100 valence electrons. The van der Waals surface area contributed by atoms with E-state index in [-0.39, 0.29) is 5.82 Å². The molecule has 2 heterocycles. The molecule has 0 atom stereocenters. The van der Waals surface area contributed by atoms with Crippen molar-refractivity contribution < 1.29 is 8.91 Å². The highest BCUT2D eigenvalue weighted by atomic mass is 79.9. The lowest BCUT2D eigenvalue weighted by Crippen LogP contribution is -1.91. The summed E-state index contributed by atoms with van der Waals surface area (Å²) < 4.78 is 18.7. The Hall–Kier alpha value is -2.28. The maximum absolute atomic E-state index is 13.2. The molecule has 0 unspecified atom stereocenters. The fraction of sp³-hybridized carbons (Fsp3) is 0. The summed E-state index contributed by atoms with van der Waals surface area (Å²) in [4.78, 5) is 8.15. The summed E-state index contributed by atoms with van der Waals surface area (Å²) >= 11 is 3.12. The first-order chi connectivity index (χ1) is 9.65. The van der Waals surface area contributed by atoms with E-state index in [4.69, 9.17) is 10.3 Å². The van der Waals surface area contributed by atoms with E-state index < -0.39 is 0 Å². The third-order valence-electron chi connectivity index (χ3n) is 2.69. The molecule has 0 amide bonds. The topological polar surface area (TPSA) is 77.8 Å². The second-order valence-electron chi connectivity index (χ2n) is 4.01. The summed E-state index contributed by atoms with van der Waals surface area (Å²) in [7, 11) is 0. The van der Waals surface area contributed by atoms with Crippen LogP contribution in [0.3, 0.4) is 0 Å². The molecule has 1 aromatic carbocycles. The Morgan fingerprint density at radius 1 is 1.25 bits per heavy atom. The van der Waals surface area contributed by atoms with Gasteiger partial charge in [0, 0.05) is 11.8 Å². The van der Waals surface area contributed by atoms with Crippen LogP contribution in [0.5, 0.6) is 0 Å². The average Bonchev–Trinajstić information content (AvgIpc) is 2.92. The Morgan fingerprint density at radius 3 is 2.85 bits per heavy atom. The number of benzene rings is 1. The number of anilines is 1. The van der Waals surface area contributed by atoms with E-state index in [0.717, 1.165) is 0 Å². The van der Waals surface area contributed by atoms with Gasteiger partial charge < -0.3 is 10.3 Å². The summed E-state index contributed by atoms with van der Waals surface area (Å²) in [6.45, 7) is 0. The molecule has 0 aliphatic rings. The minimum Gasteiger partial charge on any atom is -0.397 e. The molecule has 0 spiro atoms. The molecule has 0 saturated heterocycles. The lowest BCUT2D eigenvalue weighted by molar-refractivity contribution is 0.432. The molecule has 20 heavy (non-hydrogen) atoms. The smallest absolute Gasteiger partial charge is 0.260 e. The molecule has 0 aliphatic heterocycles. The molecular formula is C13H8BrFN4O. The second-order valence-corrected chi connectivity index (χ2v) is 4.87. The summed E-state index contributed by atoms with van der Waals surface area (Å²) in [5.41, 5.74) is 7.50. The van der Waals surface area contributed by atoms with Crippen LogP contribution in [0.2, 0.25) is 0 Å². The number of hydrogen-bond acceptors (Lipinski definition) is 5. The minimum atomic E-state index is -0.351. The predicted molar refractivity (Wildman–Crippen MR) is 75.0 cm³/mol. The Kier molecular flexibility index (Phi) is 3.19. The van der Waals surface area contributed by atoms with Gasteiger partial charge in [0.15, 0.2) is 0 Å². The molecule has 0 aliphatic carbocycles. The van der Waals surface area contributed by atoms with Crippen molar-refractivity contribution in [3.05, 3.63) is 46.9 Å². The zero-order chi connectivity index (χ0) is 14.1. The third-order valence-corrected chi connectivity index (χ3v) is 3.29. The van der Waals surface area contributed by atoms with Crippen LogP contribution < -0.4 is 5.73 Å². The molecular weight excluding hydrogens is 327 g/mol. The Bertz CT molecular complexity index is 775. The fourth-order valence-corrected chi connectivity index (χ4v) is 2.07. The van der Waals surface area contributed by atoms with Crippen LogP contribution in [0.25, 0.3) is 22.8 Å². The quantitative estimate of drug-likeness (QED) is 0.778. The molecule has 7 heteroatoms. The largest absolute Gasteiger partial charge is 0.397 e. The molecule has 5 nitrogen and oxygen atoms in total. The number of nitrogens with two attached hydrogens (primary N) is 1. The van der Waals surface area contributed by atoms with Crippen LogP contribution in [0.15, 0.2) is 45.7 Å². The van der Waals surface area contributed by atoms with Gasteiger partial charge in [0.25, 0.3) is 5.89 Å². The first-order valence-corrected chi connectivity index (χ1v) is 6.43. The van der Waals surface area contributed by atoms with Gasteiger partial charge in [-0.25, -0.2) is 4.39 Å². The van der Waals surface area contributed by atoms with Gasteiger partial charge in [-0.2, -0.15) is 4.98 Å². The van der Waals surface area contributed by atoms with Crippen LogP contribution in [-0.2, 0) is 0 Å². The van der Waals surface area contributed by atoms with Crippen molar-refractivity contribution in [3.63, 3.8) is 0 Å². The fourth-order valence-electron chi connectivity index (χ4n) is 1.69. The highest BCUT2D eigenvalue weighted by molar-refractivity contribution is 9.10. The van der Waals surface area contributed by atoms with Crippen LogP contribution >= 0.6 is 15.9 Å². The van der Waals surface area contributed by atoms with Crippen molar-refractivity contribution >= 4 is 21.6 Å². The van der Waals surface area contributed by atoms with E-state index in [0.29, 0.717) is 33.0 Å². The Labute approximate surface area is 121 Å². The number of pyridine rings is 1. The SMILES string of the molecule is Nc1cnccc1-c1nc(-c2ccc(F)c(Br)c2)no1. The maximum Gasteiger partial charge on any atom is 0.260 e. The van der Waals surface area contributed by atoms with Gasteiger partial charge in [0.2, 0.25) is 5.82 Å². The van der Waals surface area contributed by atoms with E-state index in [1.54, 1.807) is 24.4 Å². The molecule has 0 radical (unpaired) electrons. The van der Waals surface area contributed by atoms with E-state index in [1.165, 1.54) is 12.3 Å². The molecule has 3 rings (SSSR count). The lowest BCUT2D eigenvalue weighted by Gasteiger charge is -1.98. The zero-order valence-electron chi connectivity index (χ0n) is 10.0. The van der Waals surface area contributed by atoms with Gasteiger partial charge in [-0.05, 0) is 40.2 Å². The predicted octanol–water partition coefficient (Wildman–Crippen LogP) is 3.28. The molecule has 2 aromatic heterocycles. The summed E-state index contributed by atoms with van der Waals surface area (Å²) in [5.74, 6) is 0.299. The highest BCUT2D eigenvalue weighted by Crippen LogP contribution is 2.27. The average molecular weight is 335 g/mol. The summed E-state index contributed by atoms with van der Waals surface area (Å²) in [6.07, 6.45) is 3.09. The van der Waals surface area contributed by atoms with Crippen molar-refractivity contribution in [2.45, 2.75) is 0 Å². The standard InChI is InChI=1S/C13H8BrFN4O/c14-9-5-7(1-2-10(9)15)12-18-13(20-19-12)8-3-4-17-6-11(8)16/h1-6H,16H2. The monoisotopic (exact) mass is 334 g/mol. The zero-order valence-corrected chi connectivity index (χ0v) is 11.6. The first-order valence-electron chi connectivity index (χ1n) is 5.64. The van der Waals surface area contributed by atoms with Crippen molar-refractivity contribution in [2.75, 3.05) is 5.73 Å². The summed E-state index contributed by atoms with van der Waals surface area (Å²) in [5, 5.41) is 3.87. The van der Waals surface area contributed by atoms with Crippen molar-refractivity contribution in [3.8, 4) is 22.8 Å². The number of rotatable bonds is 2. The van der Waals surface area contributed by atoms with Crippen molar-refractivity contribution in [1.29, 1.82) is 0 Å². The van der Waals surface area contributed by atoms with E-state index >= 15 is 0 Å². The van der Waals surface area contributed by atoms with Crippen LogP contribution in [0.1, 0.15) is 0 Å². The van der Waals surface area contributed by atoms with E-state index in [9.17, 15) is 4.39 Å². The molecule has 0 fully saturated rings. The molecule has 0 bridgehead atoms. The first kappa shape index (κ1) is 12.7. The second kappa shape index (κ2) is 5.01. The van der Waals surface area contributed by atoms with Gasteiger partial charge in [-0.3, -0.25) is 4.98 Å². The van der Waals surface area contributed by atoms with Gasteiger partial charge in [0.05, 0.1) is 21.9 Å². The van der Waals surface area contributed by atoms with Crippen LogP contribution in [-0.4, -0.2) is 15.1 Å². The normalized spacial score (nSPS) is 10.7. The van der Waals surface area contributed by atoms with E-state index in [2.05, 4.69) is 31.1 Å². The Morgan fingerprint density at radius 2 is 2.10 bits per heavy atom. The number of nitrogens with zero attached hydrogens (tertiary/aromatic N) is 3. The van der Waals surface area contributed by atoms with Gasteiger partial charge in [0.1, 0.15) is 5.82 Å².